The van der Waals surface area contributed by atoms with Gasteiger partial charge in [-0.1, -0.05) is 12.1 Å². The van der Waals surface area contributed by atoms with E-state index in [1.807, 2.05) is 4.90 Å². The molecule has 1 atom stereocenters. The molecule has 1 saturated heterocycles. The Kier molecular flexibility index (Phi) is 9.96. The highest BCUT2D eigenvalue weighted by molar-refractivity contribution is 7.99. The number of aliphatic carboxylic acids is 1. The van der Waals surface area contributed by atoms with Crippen LogP contribution >= 0.6 is 11.8 Å². The topological polar surface area (TPSA) is 132 Å². The molecule has 5 rings (SSSR count). The Morgan fingerprint density at radius 1 is 1.16 bits per heavy atom. The molecule has 10 nitrogen and oxygen atoms in total. The summed E-state index contributed by atoms with van der Waals surface area (Å²) in [6, 6.07) is 9.52. The molecule has 0 radical (unpaired) electrons. The Bertz CT molecular complexity index is 1500. The van der Waals surface area contributed by atoms with Crippen LogP contribution in [-0.2, 0) is 16.1 Å². The molecular weight excluding hydrogens is 596 g/mol. The van der Waals surface area contributed by atoms with Crippen molar-refractivity contribution in [1.82, 2.24) is 20.1 Å². The highest BCUT2D eigenvalue weighted by atomic mass is 32.2. The number of hydrogen-bond donors (Lipinski definition) is 3. The summed E-state index contributed by atoms with van der Waals surface area (Å²) in [7, 11) is 1.53. The van der Waals surface area contributed by atoms with Crippen molar-refractivity contribution < 1.29 is 46.9 Å². The van der Waals surface area contributed by atoms with E-state index in [2.05, 4.69) is 10.3 Å². The Labute approximate surface area is 247 Å². The van der Waals surface area contributed by atoms with Crippen LogP contribution in [0.5, 0.6) is 11.5 Å². The number of carbonyl (C=O) groups is 3. The monoisotopic (exact) mass is 624 g/mol. The van der Waals surface area contributed by atoms with Gasteiger partial charge in [0.2, 0.25) is 5.91 Å². The van der Waals surface area contributed by atoms with Gasteiger partial charge in [-0.05, 0) is 29.8 Å². The molecule has 2 aliphatic rings. The molecular formula is C28H28F4N4O6S. The number of carboxylic acid groups (broad SMARTS) is 1. The minimum atomic E-state index is -5.08. The van der Waals surface area contributed by atoms with E-state index in [9.17, 15) is 32.3 Å². The van der Waals surface area contributed by atoms with Gasteiger partial charge in [-0.3, -0.25) is 14.6 Å². The van der Waals surface area contributed by atoms with Gasteiger partial charge in [0.05, 0.1) is 12.7 Å². The van der Waals surface area contributed by atoms with Gasteiger partial charge < -0.3 is 30.1 Å². The number of phenolic OH excluding ortho intramolecular Hbond substituents is 1. The first-order valence-corrected chi connectivity index (χ1v) is 14.1. The number of pyridine rings is 1. The molecule has 0 aliphatic carbocycles. The van der Waals surface area contributed by atoms with Crippen molar-refractivity contribution in [2.24, 2.45) is 0 Å². The van der Waals surface area contributed by atoms with Crippen molar-refractivity contribution in [2.75, 3.05) is 39.0 Å². The predicted octanol–water partition coefficient (Wildman–Crippen LogP) is 3.93. The number of thioether (sulfide) groups is 1. The first-order chi connectivity index (χ1) is 20.4. The molecule has 0 saturated carbocycles. The average Bonchev–Trinajstić information content (AvgIpc) is 3.25. The van der Waals surface area contributed by atoms with Crippen LogP contribution in [0.3, 0.4) is 0 Å². The number of alkyl halides is 3. The highest BCUT2D eigenvalue weighted by Gasteiger charge is 2.43. The Morgan fingerprint density at radius 3 is 2.42 bits per heavy atom. The molecule has 2 aromatic carbocycles. The van der Waals surface area contributed by atoms with Gasteiger partial charge in [0.1, 0.15) is 22.5 Å². The number of rotatable bonds is 7. The van der Waals surface area contributed by atoms with E-state index in [-0.39, 0.29) is 35.5 Å². The number of halogens is 4. The molecule has 3 aromatic rings. The molecule has 1 aromatic heterocycles. The molecule has 2 amide bonds. The molecule has 2 aliphatic heterocycles. The lowest BCUT2D eigenvalue weighted by atomic mass is 10.0. The molecule has 230 valence electrons. The number of fused-ring (bicyclic) bond motifs is 2. The number of methoxy groups -OCH3 is 1. The number of ether oxygens (including phenoxy) is 1. The van der Waals surface area contributed by atoms with E-state index in [1.165, 1.54) is 31.0 Å². The number of carbonyl (C=O) groups excluding carboxylic acids is 2. The van der Waals surface area contributed by atoms with Crippen LogP contribution in [0.4, 0.5) is 17.6 Å². The second-order valence-electron chi connectivity index (χ2n) is 9.54. The number of nitrogens with one attached hydrogen (secondary N) is 1. The number of piperazine rings is 1. The van der Waals surface area contributed by atoms with Gasteiger partial charge in [-0.2, -0.15) is 13.2 Å². The van der Waals surface area contributed by atoms with Gasteiger partial charge >= 0.3 is 12.1 Å². The summed E-state index contributed by atoms with van der Waals surface area (Å²) >= 11 is 1.46. The van der Waals surface area contributed by atoms with E-state index >= 15 is 0 Å². The Balaban J connectivity index is 0.000000541. The maximum absolute atomic E-state index is 13.7. The van der Waals surface area contributed by atoms with Crippen LogP contribution in [0.15, 0.2) is 42.6 Å². The maximum atomic E-state index is 13.7. The fourth-order valence-electron chi connectivity index (χ4n) is 4.80. The van der Waals surface area contributed by atoms with E-state index in [4.69, 9.17) is 14.6 Å². The second-order valence-corrected chi connectivity index (χ2v) is 10.7. The van der Waals surface area contributed by atoms with Crippen molar-refractivity contribution in [3.8, 4) is 11.5 Å². The Hall–Kier alpha value is -4.11. The number of hydrogen-bond acceptors (Lipinski definition) is 8. The zero-order valence-electron chi connectivity index (χ0n) is 22.9. The quantitative estimate of drug-likeness (QED) is 0.335. The summed E-state index contributed by atoms with van der Waals surface area (Å²) in [5.74, 6) is -2.62. The number of aromatic nitrogens is 1. The van der Waals surface area contributed by atoms with Gasteiger partial charge in [0.25, 0.3) is 5.91 Å². The lowest BCUT2D eigenvalue weighted by Crippen LogP contribution is -2.46. The summed E-state index contributed by atoms with van der Waals surface area (Å²) < 4.78 is 51.0. The molecule has 0 spiro atoms. The number of nitrogens with zero attached hydrogens (tertiary/aromatic N) is 3. The van der Waals surface area contributed by atoms with E-state index in [0.29, 0.717) is 47.5 Å². The fraction of sp³-hybridized carbons (Fsp3) is 0.357. The van der Waals surface area contributed by atoms with Gasteiger partial charge in [-0.25, -0.2) is 9.18 Å². The zero-order chi connectivity index (χ0) is 31.3. The number of carboxylic acids is 1. The molecule has 0 bridgehead atoms. The molecule has 3 N–H and O–H groups in total. The van der Waals surface area contributed by atoms with Crippen LogP contribution in [0.1, 0.15) is 33.3 Å². The normalized spacial score (nSPS) is 16.5. The first-order valence-electron chi connectivity index (χ1n) is 13.1. The van der Waals surface area contributed by atoms with Crippen LogP contribution in [-0.4, -0.2) is 88.0 Å². The van der Waals surface area contributed by atoms with Crippen LogP contribution in [0.2, 0.25) is 0 Å². The minimum absolute atomic E-state index is 0.0798. The van der Waals surface area contributed by atoms with Crippen LogP contribution < -0.4 is 10.1 Å². The number of aromatic hydroxyl groups is 1. The minimum Gasteiger partial charge on any atom is -0.505 e. The van der Waals surface area contributed by atoms with Gasteiger partial charge in [-0.15, -0.1) is 11.8 Å². The highest BCUT2D eigenvalue weighted by Crippen LogP contribution is 2.52. The third-order valence-electron chi connectivity index (χ3n) is 6.81. The van der Waals surface area contributed by atoms with E-state index < -0.39 is 17.5 Å². The number of benzene rings is 2. The standard InChI is InChI=1S/C26H27FN4O4S.C2HF3O2/c1-35-24-18-3-2-9-29-22(18)23(33)20-21(24)26(36-14-8-19(32)30-12-10-28-11-13-30)31(25(20)34)15-16-4-6-17(27)7-5-16;3-2(4,5)1(6)7/h2-7,9,26,28,33H,8,10-15H2,1H3;(H,6,7). The predicted molar refractivity (Wildman–Crippen MR) is 149 cm³/mol. The first kappa shape index (κ1) is 31.8. The van der Waals surface area contributed by atoms with Crippen molar-refractivity contribution in [3.05, 3.63) is 65.1 Å². The smallest absolute Gasteiger partial charge is 0.490 e. The SMILES string of the molecule is COc1c2c(c(O)c3ncccc13)C(=O)N(Cc1ccc(F)cc1)C2SCCC(=O)N1CCNCC1.O=C(O)C(F)(F)F. The van der Waals surface area contributed by atoms with E-state index in [1.54, 1.807) is 35.4 Å². The lowest BCUT2D eigenvalue weighted by Gasteiger charge is -2.28. The molecule has 3 heterocycles. The van der Waals surface area contributed by atoms with Crippen LogP contribution in [0, 0.1) is 5.82 Å². The third-order valence-corrected chi connectivity index (χ3v) is 8.05. The summed E-state index contributed by atoms with van der Waals surface area (Å²) in [4.78, 5) is 43.1. The summed E-state index contributed by atoms with van der Waals surface area (Å²) in [6.07, 6.45) is -3.20. The van der Waals surface area contributed by atoms with Crippen molar-refractivity contribution in [2.45, 2.75) is 24.5 Å². The largest absolute Gasteiger partial charge is 0.505 e. The van der Waals surface area contributed by atoms with Gasteiger partial charge in [0, 0.05) is 62.0 Å². The molecule has 43 heavy (non-hydrogen) atoms. The summed E-state index contributed by atoms with van der Waals surface area (Å²) in [5, 5.41) is 21.6. The van der Waals surface area contributed by atoms with Crippen molar-refractivity contribution in [1.29, 1.82) is 0 Å². The average molecular weight is 625 g/mol. The lowest BCUT2D eigenvalue weighted by molar-refractivity contribution is -0.192. The van der Waals surface area contributed by atoms with Crippen molar-refractivity contribution >= 4 is 40.4 Å². The van der Waals surface area contributed by atoms with Crippen LogP contribution in [0.25, 0.3) is 10.9 Å². The molecule has 15 heteroatoms. The third kappa shape index (κ3) is 7.10. The molecule has 1 fully saturated rings. The van der Waals surface area contributed by atoms with Crippen molar-refractivity contribution in [3.63, 3.8) is 0 Å². The number of phenols is 1. The van der Waals surface area contributed by atoms with E-state index in [0.717, 1.165) is 18.7 Å². The zero-order valence-corrected chi connectivity index (χ0v) is 23.7. The van der Waals surface area contributed by atoms with Gasteiger partial charge in [0.15, 0.2) is 5.75 Å². The number of amides is 2. The summed E-state index contributed by atoms with van der Waals surface area (Å²) in [5.41, 5.74) is 1.78. The molecule has 1 unspecified atom stereocenters. The summed E-state index contributed by atoms with van der Waals surface area (Å²) in [6.45, 7) is 3.15. The second kappa shape index (κ2) is 13.5. The fourth-order valence-corrected chi connectivity index (χ4v) is 6.06. The maximum Gasteiger partial charge on any atom is 0.490 e. The Morgan fingerprint density at radius 2 is 1.81 bits per heavy atom.